The Bertz CT molecular complexity index is 452. The summed E-state index contributed by atoms with van der Waals surface area (Å²) in [6.45, 7) is 8.19. The highest BCUT2D eigenvalue weighted by atomic mass is 16.5. The van der Waals surface area contributed by atoms with Gasteiger partial charge >= 0.3 is 0 Å². The molecular weight excluding hydrogens is 252 g/mol. The lowest BCUT2D eigenvalue weighted by molar-refractivity contribution is 0.354. The highest BCUT2D eigenvalue weighted by Gasteiger charge is 2.00. The van der Waals surface area contributed by atoms with E-state index in [1.165, 1.54) is 5.56 Å². The Morgan fingerprint density at radius 2 is 1.75 bits per heavy atom. The number of ether oxygens (including phenoxy) is 2. The molecule has 0 N–H and O–H groups in total. The Balaban J connectivity index is 0.000000370. The van der Waals surface area contributed by atoms with Gasteiger partial charge in [0.25, 0.3) is 0 Å². The molecule has 0 amide bonds. The maximum absolute atomic E-state index is 5.09. The van der Waals surface area contributed by atoms with Crippen LogP contribution in [0.2, 0.25) is 0 Å². The smallest absolute Gasteiger partial charge is 0.160 e. The van der Waals surface area contributed by atoms with E-state index >= 15 is 0 Å². The van der Waals surface area contributed by atoms with Crippen LogP contribution in [-0.2, 0) is 0 Å². The number of nitrogens with zero attached hydrogens (tertiary/aromatic N) is 2. The van der Waals surface area contributed by atoms with Gasteiger partial charge in [-0.05, 0) is 37.5 Å². The molecule has 0 aromatic heterocycles. The van der Waals surface area contributed by atoms with Crippen LogP contribution in [0.4, 0.5) is 0 Å². The van der Waals surface area contributed by atoms with Gasteiger partial charge in [0.05, 0.1) is 19.9 Å². The molecule has 0 unspecified atom stereocenters. The maximum Gasteiger partial charge on any atom is 0.160 e. The average Bonchev–Trinajstić information content (AvgIpc) is 2.44. The van der Waals surface area contributed by atoms with Crippen molar-refractivity contribution in [3.8, 4) is 11.5 Å². The molecule has 0 saturated carbocycles. The minimum absolute atomic E-state index is 0.485. The van der Waals surface area contributed by atoms with Gasteiger partial charge in [-0.25, -0.2) is 0 Å². The van der Waals surface area contributed by atoms with E-state index in [1.807, 2.05) is 38.1 Å². The molecule has 4 heteroatoms. The van der Waals surface area contributed by atoms with E-state index in [9.17, 15) is 0 Å². The number of azo groups is 1. The molecule has 0 aliphatic heterocycles. The van der Waals surface area contributed by atoms with Gasteiger partial charge < -0.3 is 9.47 Å². The summed E-state index contributed by atoms with van der Waals surface area (Å²) in [6.07, 6.45) is 1.98. The van der Waals surface area contributed by atoms with E-state index in [0.29, 0.717) is 5.92 Å². The molecule has 0 heterocycles. The quantitative estimate of drug-likeness (QED) is 0.753. The zero-order chi connectivity index (χ0) is 15.5. The van der Waals surface area contributed by atoms with Gasteiger partial charge in [-0.2, -0.15) is 10.2 Å². The third-order valence-corrected chi connectivity index (χ3v) is 2.64. The number of benzene rings is 1. The first kappa shape index (κ1) is 18.2. The molecule has 0 saturated heterocycles. The minimum atomic E-state index is 0.485. The fraction of sp³-hybridized carbons (Fsp3) is 0.500. The van der Waals surface area contributed by atoms with Gasteiger partial charge in [-0.15, -0.1) is 0 Å². The van der Waals surface area contributed by atoms with Crippen LogP contribution >= 0.6 is 0 Å². The second kappa shape index (κ2) is 10.0. The molecule has 0 fully saturated rings. The molecule has 1 aromatic rings. The molecule has 0 radical (unpaired) electrons. The molecule has 0 aliphatic carbocycles. The molecule has 0 atom stereocenters. The fourth-order valence-electron chi connectivity index (χ4n) is 1.57. The molecule has 112 valence electrons. The van der Waals surface area contributed by atoms with Crippen molar-refractivity contribution >= 4 is 0 Å². The molecular formula is C16H26N2O2. The molecule has 0 spiro atoms. The highest BCUT2D eigenvalue weighted by molar-refractivity contribution is 5.42. The molecule has 20 heavy (non-hydrogen) atoms. The van der Waals surface area contributed by atoms with Crippen LogP contribution < -0.4 is 9.47 Å². The first-order chi connectivity index (χ1) is 9.49. The van der Waals surface area contributed by atoms with Crippen LogP contribution in [0.1, 0.15) is 26.3 Å². The fourth-order valence-corrected chi connectivity index (χ4v) is 1.57. The Hall–Kier alpha value is -1.84. The van der Waals surface area contributed by atoms with Gasteiger partial charge in [0.1, 0.15) is 0 Å². The zero-order valence-corrected chi connectivity index (χ0v) is 13.6. The van der Waals surface area contributed by atoms with Crippen LogP contribution in [-0.4, -0.2) is 21.3 Å². The number of methoxy groups -OCH3 is 2. The first-order valence-electron chi connectivity index (χ1n) is 6.64. The van der Waals surface area contributed by atoms with Crippen molar-refractivity contribution in [1.29, 1.82) is 0 Å². The Morgan fingerprint density at radius 1 is 1.15 bits per heavy atom. The van der Waals surface area contributed by atoms with E-state index in [4.69, 9.17) is 9.47 Å². The van der Waals surface area contributed by atoms with Gasteiger partial charge in [0.2, 0.25) is 0 Å². The normalized spacial score (nSPS) is 11.3. The van der Waals surface area contributed by atoms with E-state index in [2.05, 4.69) is 24.1 Å². The second-order valence-corrected chi connectivity index (χ2v) is 4.53. The van der Waals surface area contributed by atoms with E-state index in [0.717, 1.165) is 17.2 Å². The monoisotopic (exact) mass is 278 g/mol. The number of hydrogen-bond acceptors (Lipinski definition) is 4. The predicted octanol–water partition coefficient (Wildman–Crippen LogP) is 4.64. The molecule has 0 aliphatic rings. The molecule has 4 nitrogen and oxygen atoms in total. The summed E-state index contributed by atoms with van der Waals surface area (Å²) in [5.41, 5.74) is 2.22. The minimum Gasteiger partial charge on any atom is -0.493 e. The number of hydrogen-bond donors (Lipinski definition) is 0. The summed E-state index contributed by atoms with van der Waals surface area (Å²) in [6, 6.07) is 5.83. The largest absolute Gasteiger partial charge is 0.493 e. The second-order valence-electron chi connectivity index (χ2n) is 4.53. The first-order valence-corrected chi connectivity index (χ1v) is 6.64. The van der Waals surface area contributed by atoms with Crippen LogP contribution in [0.5, 0.6) is 11.5 Å². The van der Waals surface area contributed by atoms with Crippen LogP contribution in [0.3, 0.4) is 0 Å². The lowest BCUT2D eigenvalue weighted by Gasteiger charge is -2.06. The summed E-state index contributed by atoms with van der Waals surface area (Å²) in [7, 11) is 4.95. The SMILES string of the molecule is C/C=C(\N=NC)C(C)C.COc1ccc(C)cc1OC. The topological polar surface area (TPSA) is 43.2 Å². The van der Waals surface area contributed by atoms with Crippen molar-refractivity contribution in [2.45, 2.75) is 27.7 Å². The van der Waals surface area contributed by atoms with Crippen molar-refractivity contribution in [2.75, 3.05) is 21.3 Å². The standard InChI is InChI=1S/C9H12O2.C7H14N2/c1-7-4-5-8(10-2)9(6-7)11-3;1-5-7(6(2)3)9-8-4/h4-6H,1-3H3;5-6H,1-4H3/b;7-5-,9-8?. The van der Waals surface area contributed by atoms with Gasteiger partial charge in [0, 0.05) is 7.05 Å². The van der Waals surface area contributed by atoms with Gasteiger partial charge in [-0.3, -0.25) is 0 Å². The third-order valence-electron chi connectivity index (χ3n) is 2.64. The van der Waals surface area contributed by atoms with E-state index in [1.54, 1.807) is 21.3 Å². The van der Waals surface area contributed by atoms with Crippen molar-refractivity contribution < 1.29 is 9.47 Å². The summed E-state index contributed by atoms with van der Waals surface area (Å²) in [5.74, 6) is 2.05. The summed E-state index contributed by atoms with van der Waals surface area (Å²) in [5, 5.41) is 7.61. The number of rotatable bonds is 4. The number of aryl methyl sites for hydroxylation is 1. The Kier molecular flexibility index (Phi) is 9.09. The summed E-state index contributed by atoms with van der Waals surface area (Å²) < 4.78 is 10.2. The molecule has 1 rings (SSSR count). The predicted molar refractivity (Wildman–Crippen MR) is 83.7 cm³/mol. The zero-order valence-electron chi connectivity index (χ0n) is 13.6. The van der Waals surface area contributed by atoms with E-state index in [-0.39, 0.29) is 0 Å². The number of allylic oxidation sites excluding steroid dienone is 2. The van der Waals surface area contributed by atoms with Gasteiger partial charge in [-0.1, -0.05) is 26.0 Å². The lowest BCUT2D eigenvalue weighted by Crippen LogP contribution is -1.90. The Labute approximate surface area is 122 Å². The maximum atomic E-state index is 5.09. The summed E-state index contributed by atoms with van der Waals surface area (Å²) in [4.78, 5) is 0. The van der Waals surface area contributed by atoms with Crippen molar-refractivity contribution in [1.82, 2.24) is 0 Å². The highest BCUT2D eigenvalue weighted by Crippen LogP contribution is 2.26. The van der Waals surface area contributed by atoms with E-state index < -0.39 is 0 Å². The van der Waals surface area contributed by atoms with Crippen molar-refractivity contribution in [2.24, 2.45) is 16.1 Å². The van der Waals surface area contributed by atoms with Crippen LogP contribution in [0.25, 0.3) is 0 Å². The van der Waals surface area contributed by atoms with Crippen LogP contribution in [0, 0.1) is 12.8 Å². The van der Waals surface area contributed by atoms with Crippen molar-refractivity contribution in [3.63, 3.8) is 0 Å². The van der Waals surface area contributed by atoms with Gasteiger partial charge in [0.15, 0.2) is 11.5 Å². The molecule has 1 aromatic carbocycles. The van der Waals surface area contributed by atoms with Crippen molar-refractivity contribution in [3.05, 3.63) is 35.5 Å². The third kappa shape index (κ3) is 6.36. The average molecular weight is 278 g/mol. The summed E-state index contributed by atoms with van der Waals surface area (Å²) >= 11 is 0. The lowest BCUT2D eigenvalue weighted by atomic mass is 10.1. The Morgan fingerprint density at radius 3 is 2.10 bits per heavy atom. The molecule has 0 bridgehead atoms. The van der Waals surface area contributed by atoms with Crippen LogP contribution in [0.15, 0.2) is 40.2 Å².